The molecule has 0 saturated heterocycles. The second kappa shape index (κ2) is 5.15. The van der Waals surface area contributed by atoms with Gasteiger partial charge in [-0.05, 0) is 36.2 Å². The van der Waals surface area contributed by atoms with E-state index in [1.807, 2.05) is 12.1 Å². The third kappa shape index (κ3) is 2.74. The molecule has 0 aromatic heterocycles. The van der Waals surface area contributed by atoms with E-state index in [1.165, 1.54) is 5.57 Å². The number of nitrogens with zero attached hydrogens (tertiary/aromatic N) is 1. The molecule has 0 atom stereocenters. The number of benzene rings is 1. The standard InChI is InChI=1S/C14H17NO2/c1-2-15-9-7-12(8-10-15)11-3-5-13(6-4-11)14(16)17/h3-7H,2,8-10H2,1H3,(H,16,17). The predicted molar refractivity (Wildman–Crippen MR) is 68.1 cm³/mol. The van der Waals surface area contributed by atoms with E-state index >= 15 is 0 Å². The number of carboxylic acids is 1. The van der Waals surface area contributed by atoms with Crippen LogP contribution in [0.1, 0.15) is 29.3 Å². The zero-order valence-electron chi connectivity index (χ0n) is 10.0. The number of aromatic carboxylic acids is 1. The van der Waals surface area contributed by atoms with Crippen LogP contribution in [0.25, 0.3) is 5.57 Å². The Morgan fingerprint density at radius 2 is 2.06 bits per heavy atom. The molecule has 1 aliphatic rings. The van der Waals surface area contributed by atoms with Crippen LogP contribution in [-0.2, 0) is 0 Å². The summed E-state index contributed by atoms with van der Waals surface area (Å²) in [5.74, 6) is -0.869. The fraction of sp³-hybridized carbons (Fsp3) is 0.357. The van der Waals surface area contributed by atoms with Crippen molar-refractivity contribution in [3.63, 3.8) is 0 Å². The van der Waals surface area contributed by atoms with Crippen molar-refractivity contribution >= 4 is 11.5 Å². The number of likely N-dealkylation sites (N-methyl/N-ethyl adjacent to an activating group) is 1. The SMILES string of the molecule is CCN1CC=C(c2ccc(C(=O)O)cc2)CC1. The molecule has 0 aliphatic carbocycles. The van der Waals surface area contributed by atoms with E-state index in [0.29, 0.717) is 5.56 Å². The van der Waals surface area contributed by atoms with Gasteiger partial charge in [0.2, 0.25) is 0 Å². The second-order valence-electron chi connectivity index (χ2n) is 4.26. The van der Waals surface area contributed by atoms with Gasteiger partial charge in [0.1, 0.15) is 0 Å². The van der Waals surface area contributed by atoms with Crippen molar-refractivity contribution in [2.45, 2.75) is 13.3 Å². The molecule has 1 heterocycles. The normalized spacial score (nSPS) is 16.6. The molecule has 1 aromatic carbocycles. The highest BCUT2D eigenvalue weighted by Crippen LogP contribution is 2.22. The van der Waals surface area contributed by atoms with Crippen LogP contribution in [0.5, 0.6) is 0 Å². The maximum atomic E-state index is 10.7. The highest BCUT2D eigenvalue weighted by atomic mass is 16.4. The molecule has 1 N–H and O–H groups in total. The average Bonchev–Trinajstić information content (AvgIpc) is 2.39. The van der Waals surface area contributed by atoms with Crippen LogP contribution in [0.2, 0.25) is 0 Å². The van der Waals surface area contributed by atoms with Crippen LogP contribution in [-0.4, -0.2) is 35.6 Å². The number of hydrogen-bond donors (Lipinski definition) is 1. The minimum Gasteiger partial charge on any atom is -0.478 e. The van der Waals surface area contributed by atoms with Crippen LogP contribution < -0.4 is 0 Å². The zero-order chi connectivity index (χ0) is 12.3. The molecule has 0 saturated carbocycles. The Morgan fingerprint density at radius 1 is 1.35 bits per heavy atom. The Morgan fingerprint density at radius 3 is 2.53 bits per heavy atom. The van der Waals surface area contributed by atoms with Gasteiger partial charge in [-0.25, -0.2) is 4.79 Å². The highest BCUT2D eigenvalue weighted by Gasteiger charge is 2.11. The Hall–Kier alpha value is -1.61. The predicted octanol–water partition coefficient (Wildman–Crippen LogP) is 2.49. The summed E-state index contributed by atoms with van der Waals surface area (Å²) in [5.41, 5.74) is 2.82. The summed E-state index contributed by atoms with van der Waals surface area (Å²) in [6.45, 7) is 5.33. The van der Waals surface area contributed by atoms with Gasteiger partial charge in [0.05, 0.1) is 5.56 Å². The molecule has 0 radical (unpaired) electrons. The third-order valence-electron chi connectivity index (χ3n) is 3.24. The average molecular weight is 231 g/mol. The molecule has 0 unspecified atom stereocenters. The molecule has 90 valence electrons. The molecule has 1 aliphatic heterocycles. The van der Waals surface area contributed by atoms with Gasteiger partial charge in [-0.1, -0.05) is 25.1 Å². The first-order valence-corrected chi connectivity index (χ1v) is 5.96. The van der Waals surface area contributed by atoms with E-state index < -0.39 is 5.97 Å². The van der Waals surface area contributed by atoms with Crippen LogP contribution in [0, 0.1) is 0 Å². The quantitative estimate of drug-likeness (QED) is 0.868. The van der Waals surface area contributed by atoms with E-state index in [-0.39, 0.29) is 0 Å². The fourth-order valence-electron chi connectivity index (χ4n) is 2.09. The number of carboxylic acid groups (broad SMARTS) is 1. The third-order valence-corrected chi connectivity index (χ3v) is 3.24. The van der Waals surface area contributed by atoms with E-state index in [4.69, 9.17) is 5.11 Å². The molecule has 3 nitrogen and oxygen atoms in total. The van der Waals surface area contributed by atoms with Crippen molar-refractivity contribution < 1.29 is 9.90 Å². The molecule has 0 amide bonds. The number of rotatable bonds is 3. The highest BCUT2D eigenvalue weighted by molar-refractivity contribution is 5.88. The Kier molecular flexibility index (Phi) is 3.59. The summed E-state index contributed by atoms with van der Waals surface area (Å²) in [4.78, 5) is 13.1. The van der Waals surface area contributed by atoms with Crippen LogP contribution >= 0.6 is 0 Å². The smallest absolute Gasteiger partial charge is 0.335 e. The van der Waals surface area contributed by atoms with Crippen molar-refractivity contribution in [2.24, 2.45) is 0 Å². The molecule has 17 heavy (non-hydrogen) atoms. The van der Waals surface area contributed by atoms with Crippen molar-refractivity contribution in [1.29, 1.82) is 0 Å². The lowest BCUT2D eigenvalue weighted by molar-refractivity contribution is 0.0697. The minimum atomic E-state index is -0.869. The van der Waals surface area contributed by atoms with Crippen molar-refractivity contribution in [3.05, 3.63) is 41.5 Å². The first-order valence-electron chi connectivity index (χ1n) is 5.96. The largest absolute Gasteiger partial charge is 0.478 e. The first kappa shape index (κ1) is 11.9. The summed E-state index contributed by atoms with van der Waals surface area (Å²) in [5, 5.41) is 8.83. The maximum Gasteiger partial charge on any atom is 0.335 e. The van der Waals surface area contributed by atoms with E-state index in [9.17, 15) is 4.79 Å². The van der Waals surface area contributed by atoms with Crippen molar-refractivity contribution in [2.75, 3.05) is 19.6 Å². The monoisotopic (exact) mass is 231 g/mol. The lowest BCUT2D eigenvalue weighted by Gasteiger charge is -2.24. The van der Waals surface area contributed by atoms with Crippen LogP contribution in [0.15, 0.2) is 30.3 Å². The van der Waals surface area contributed by atoms with Crippen molar-refractivity contribution in [1.82, 2.24) is 4.90 Å². The fourth-order valence-corrected chi connectivity index (χ4v) is 2.09. The van der Waals surface area contributed by atoms with Gasteiger partial charge in [0.15, 0.2) is 0 Å². The van der Waals surface area contributed by atoms with Gasteiger partial charge < -0.3 is 5.11 Å². The second-order valence-corrected chi connectivity index (χ2v) is 4.26. The summed E-state index contributed by atoms with van der Waals surface area (Å²) in [6, 6.07) is 7.14. The first-order chi connectivity index (χ1) is 8.20. The zero-order valence-corrected chi connectivity index (χ0v) is 10.0. The topological polar surface area (TPSA) is 40.5 Å². The van der Waals surface area contributed by atoms with Crippen molar-refractivity contribution in [3.8, 4) is 0 Å². The summed E-state index contributed by atoms with van der Waals surface area (Å²) < 4.78 is 0. The molecule has 0 fully saturated rings. The lowest BCUT2D eigenvalue weighted by atomic mass is 9.98. The van der Waals surface area contributed by atoms with Gasteiger partial charge in [-0.3, -0.25) is 4.90 Å². The number of carbonyl (C=O) groups is 1. The Balaban J connectivity index is 2.13. The molecule has 1 aromatic rings. The van der Waals surface area contributed by atoms with Gasteiger partial charge >= 0.3 is 5.97 Å². The van der Waals surface area contributed by atoms with Gasteiger partial charge in [0.25, 0.3) is 0 Å². The van der Waals surface area contributed by atoms with E-state index in [1.54, 1.807) is 12.1 Å². The molecule has 0 spiro atoms. The molecule has 0 bridgehead atoms. The lowest BCUT2D eigenvalue weighted by Crippen LogP contribution is -2.27. The summed E-state index contributed by atoms with van der Waals surface area (Å²) in [7, 11) is 0. The van der Waals surface area contributed by atoms with Gasteiger partial charge in [-0.2, -0.15) is 0 Å². The molecule has 2 rings (SSSR count). The van der Waals surface area contributed by atoms with Gasteiger partial charge in [-0.15, -0.1) is 0 Å². The maximum absolute atomic E-state index is 10.7. The molecule has 3 heteroatoms. The Labute approximate surface area is 101 Å². The number of hydrogen-bond acceptors (Lipinski definition) is 2. The Bertz CT molecular complexity index is 434. The van der Waals surface area contributed by atoms with E-state index in [2.05, 4.69) is 17.9 Å². The van der Waals surface area contributed by atoms with Crippen LogP contribution in [0.3, 0.4) is 0 Å². The van der Waals surface area contributed by atoms with E-state index in [0.717, 1.165) is 31.6 Å². The molecular weight excluding hydrogens is 214 g/mol. The van der Waals surface area contributed by atoms with Gasteiger partial charge in [0, 0.05) is 13.1 Å². The summed E-state index contributed by atoms with van der Waals surface area (Å²) >= 11 is 0. The molecular formula is C14H17NO2. The summed E-state index contributed by atoms with van der Waals surface area (Å²) in [6.07, 6.45) is 3.28. The van der Waals surface area contributed by atoms with Crippen LogP contribution in [0.4, 0.5) is 0 Å². The minimum absolute atomic E-state index is 0.348.